The van der Waals surface area contributed by atoms with Crippen LogP contribution < -0.4 is 10.3 Å². The molecule has 2 aromatic heterocycles. The summed E-state index contributed by atoms with van der Waals surface area (Å²) in [7, 11) is -3.67. The quantitative estimate of drug-likeness (QED) is 0.471. The number of hydrogen-bond acceptors (Lipinski definition) is 4. The highest BCUT2D eigenvalue weighted by molar-refractivity contribution is 7.89. The normalized spacial score (nSPS) is 12.0. The molecule has 1 N–H and O–H groups in total. The molecule has 33 heavy (non-hydrogen) atoms. The van der Waals surface area contributed by atoms with Crippen LogP contribution in [-0.2, 0) is 10.0 Å². The molecular formula is C26H25N3O3S. The molecule has 0 saturated heterocycles. The van der Waals surface area contributed by atoms with Gasteiger partial charge in [-0.2, -0.15) is 0 Å². The summed E-state index contributed by atoms with van der Waals surface area (Å²) in [5.41, 5.74) is 2.52. The summed E-state index contributed by atoms with van der Waals surface area (Å²) in [6, 6.07) is 23.1. The predicted molar refractivity (Wildman–Crippen MR) is 131 cm³/mol. The fraction of sp³-hybridized carbons (Fsp3) is 0.154. The molecule has 0 aliphatic carbocycles. The lowest BCUT2D eigenvalue weighted by Crippen LogP contribution is -2.40. The summed E-state index contributed by atoms with van der Waals surface area (Å²) >= 11 is 0. The average Bonchev–Trinajstić information content (AvgIpc) is 2.79. The van der Waals surface area contributed by atoms with Crippen LogP contribution in [0.1, 0.15) is 20.8 Å². The van der Waals surface area contributed by atoms with Crippen molar-refractivity contribution in [2.24, 2.45) is 0 Å². The smallest absolute Gasteiger partial charge is 0.262 e. The zero-order valence-electron chi connectivity index (χ0n) is 18.7. The van der Waals surface area contributed by atoms with Gasteiger partial charge in [-0.15, -0.1) is 0 Å². The molecule has 6 nitrogen and oxygen atoms in total. The maximum absolute atomic E-state index is 13.4. The van der Waals surface area contributed by atoms with Gasteiger partial charge in [0.1, 0.15) is 0 Å². The van der Waals surface area contributed by atoms with Gasteiger partial charge in [0.05, 0.1) is 10.6 Å². The SMILES string of the molecule is CC(C)(C)NS(=O)(=O)c1ccc(-c2cc(-c3ccccn3)cn(-c3ccccc3)c2=O)cc1. The highest BCUT2D eigenvalue weighted by atomic mass is 32.2. The van der Waals surface area contributed by atoms with Crippen molar-refractivity contribution in [3.05, 3.63) is 102 Å². The van der Waals surface area contributed by atoms with E-state index in [4.69, 9.17) is 0 Å². The summed E-state index contributed by atoms with van der Waals surface area (Å²) in [5, 5.41) is 0. The molecule has 168 valence electrons. The van der Waals surface area contributed by atoms with Gasteiger partial charge in [-0.1, -0.05) is 36.4 Å². The molecule has 0 spiro atoms. The van der Waals surface area contributed by atoms with Crippen LogP contribution >= 0.6 is 0 Å². The summed E-state index contributed by atoms with van der Waals surface area (Å²) in [4.78, 5) is 18.0. The van der Waals surface area contributed by atoms with E-state index >= 15 is 0 Å². The Morgan fingerprint density at radius 3 is 2.12 bits per heavy atom. The fourth-order valence-electron chi connectivity index (χ4n) is 3.52. The van der Waals surface area contributed by atoms with Crippen LogP contribution in [0, 0.1) is 0 Å². The van der Waals surface area contributed by atoms with E-state index < -0.39 is 15.6 Å². The van der Waals surface area contributed by atoms with Crippen LogP contribution in [0.15, 0.2) is 101 Å². The zero-order valence-corrected chi connectivity index (χ0v) is 19.5. The van der Waals surface area contributed by atoms with Crippen LogP contribution in [0.5, 0.6) is 0 Å². The van der Waals surface area contributed by atoms with E-state index in [1.54, 1.807) is 55.9 Å². The second-order valence-electron chi connectivity index (χ2n) is 8.75. The molecule has 4 aromatic rings. The van der Waals surface area contributed by atoms with Gasteiger partial charge in [-0.05, 0) is 68.8 Å². The van der Waals surface area contributed by atoms with Crippen molar-refractivity contribution < 1.29 is 8.42 Å². The van der Waals surface area contributed by atoms with E-state index in [9.17, 15) is 13.2 Å². The van der Waals surface area contributed by atoms with Crippen molar-refractivity contribution >= 4 is 10.0 Å². The average molecular weight is 460 g/mol. The van der Waals surface area contributed by atoms with E-state index in [-0.39, 0.29) is 10.5 Å². The Labute approximate surface area is 193 Å². The van der Waals surface area contributed by atoms with Gasteiger partial charge in [-0.25, -0.2) is 13.1 Å². The summed E-state index contributed by atoms with van der Waals surface area (Å²) < 4.78 is 29.5. The van der Waals surface area contributed by atoms with Gasteiger partial charge in [0.2, 0.25) is 10.0 Å². The molecule has 0 bridgehead atoms. The molecule has 0 saturated carbocycles. The van der Waals surface area contributed by atoms with Crippen molar-refractivity contribution in [3.63, 3.8) is 0 Å². The lowest BCUT2D eigenvalue weighted by atomic mass is 10.0. The lowest BCUT2D eigenvalue weighted by Gasteiger charge is -2.20. The number of benzene rings is 2. The minimum absolute atomic E-state index is 0.144. The van der Waals surface area contributed by atoms with Crippen LogP contribution in [0.4, 0.5) is 0 Å². The van der Waals surface area contributed by atoms with Crippen molar-refractivity contribution in [1.82, 2.24) is 14.3 Å². The van der Waals surface area contributed by atoms with Gasteiger partial charge >= 0.3 is 0 Å². The molecule has 2 heterocycles. The van der Waals surface area contributed by atoms with E-state index in [1.165, 1.54) is 12.1 Å². The van der Waals surface area contributed by atoms with E-state index in [0.717, 1.165) is 16.9 Å². The molecule has 4 rings (SSSR count). The number of sulfonamides is 1. The third kappa shape index (κ3) is 5.10. The number of rotatable bonds is 5. The number of nitrogens with zero attached hydrogens (tertiary/aromatic N) is 2. The van der Waals surface area contributed by atoms with Crippen molar-refractivity contribution in [2.45, 2.75) is 31.2 Å². The van der Waals surface area contributed by atoms with Gasteiger partial charge in [0.25, 0.3) is 5.56 Å². The molecule has 0 radical (unpaired) electrons. The Kier molecular flexibility index (Phi) is 6.01. The molecule has 0 amide bonds. The summed E-state index contributed by atoms with van der Waals surface area (Å²) in [5.74, 6) is 0. The third-order valence-corrected chi connectivity index (χ3v) is 6.70. The zero-order chi connectivity index (χ0) is 23.6. The van der Waals surface area contributed by atoms with Crippen LogP contribution in [0.3, 0.4) is 0 Å². The molecule has 7 heteroatoms. The van der Waals surface area contributed by atoms with Crippen LogP contribution in [0.2, 0.25) is 0 Å². The van der Waals surface area contributed by atoms with E-state index in [2.05, 4.69) is 9.71 Å². The maximum atomic E-state index is 13.4. The Morgan fingerprint density at radius 1 is 0.848 bits per heavy atom. The topological polar surface area (TPSA) is 81.1 Å². The van der Waals surface area contributed by atoms with Gasteiger partial charge in [0.15, 0.2) is 0 Å². The molecule has 0 atom stereocenters. The maximum Gasteiger partial charge on any atom is 0.262 e. The van der Waals surface area contributed by atoms with E-state index in [0.29, 0.717) is 11.1 Å². The van der Waals surface area contributed by atoms with Crippen LogP contribution in [-0.4, -0.2) is 23.5 Å². The lowest BCUT2D eigenvalue weighted by molar-refractivity contribution is 0.491. The van der Waals surface area contributed by atoms with Crippen molar-refractivity contribution in [2.75, 3.05) is 0 Å². The molecule has 2 aromatic carbocycles. The predicted octanol–water partition coefficient (Wildman–Crippen LogP) is 4.64. The number of hydrogen-bond donors (Lipinski definition) is 1. The molecule has 0 aliphatic rings. The van der Waals surface area contributed by atoms with Gasteiger partial charge in [0, 0.05) is 34.7 Å². The number of pyridine rings is 2. The van der Waals surface area contributed by atoms with E-state index in [1.807, 2.05) is 48.5 Å². The van der Waals surface area contributed by atoms with Gasteiger partial charge < -0.3 is 0 Å². The monoisotopic (exact) mass is 459 g/mol. The summed E-state index contributed by atoms with van der Waals surface area (Å²) in [6.45, 7) is 5.36. The number of nitrogens with one attached hydrogen (secondary N) is 1. The number of aromatic nitrogens is 2. The third-order valence-electron chi connectivity index (χ3n) is 4.93. The Hall–Kier alpha value is -3.55. The first-order valence-electron chi connectivity index (χ1n) is 10.5. The first kappa shape index (κ1) is 22.6. The molecule has 0 fully saturated rings. The second kappa shape index (κ2) is 8.77. The Morgan fingerprint density at radius 2 is 1.52 bits per heavy atom. The van der Waals surface area contributed by atoms with Gasteiger partial charge in [-0.3, -0.25) is 14.3 Å². The standard InChI is InChI=1S/C26H25N3O3S/c1-26(2,3)28-33(31,32)22-14-12-19(13-15-22)23-17-20(24-11-7-8-16-27-24)18-29(25(23)30)21-9-5-4-6-10-21/h4-18,28H,1-3H3. The second-order valence-corrected chi connectivity index (χ2v) is 10.4. The fourth-order valence-corrected chi connectivity index (χ4v) is 4.94. The summed E-state index contributed by atoms with van der Waals surface area (Å²) in [6.07, 6.45) is 3.48. The largest absolute Gasteiger partial charge is 0.283 e. The Bertz CT molecular complexity index is 1420. The highest BCUT2D eigenvalue weighted by Gasteiger charge is 2.22. The van der Waals surface area contributed by atoms with Crippen molar-refractivity contribution in [3.8, 4) is 28.1 Å². The number of para-hydroxylation sites is 1. The van der Waals surface area contributed by atoms with Crippen LogP contribution in [0.25, 0.3) is 28.1 Å². The van der Waals surface area contributed by atoms with Crippen molar-refractivity contribution in [1.29, 1.82) is 0 Å². The first-order valence-corrected chi connectivity index (χ1v) is 12.0. The minimum atomic E-state index is -3.67. The molecule has 0 unspecified atom stereocenters. The Balaban J connectivity index is 1.85. The first-order chi connectivity index (χ1) is 15.6. The molecule has 0 aliphatic heterocycles. The molecular weight excluding hydrogens is 434 g/mol. The highest BCUT2D eigenvalue weighted by Crippen LogP contribution is 2.25. The minimum Gasteiger partial charge on any atom is -0.283 e.